The first-order valence-corrected chi connectivity index (χ1v) is 10.8. The number of hydrogen-bond acceptors (Lipinski definition) is 5. The van der Waals surface area contributed by atoms with Crippen LogP contribution in [-0.2, 0) is 4.79 Å². The van der Waals surface area contributed by atoms with Crippen LogP contribution in [0.25, 0.3) is 16.5 Å². The number of carboxylic acid groups (broad SMARTS) is 1. The summed E-state index contributed by atoms with van der Waals surface area (Å²) >= 11 is 6.95. The number of fused-ring (bicyclic) bond motifs is 1. The van der Waals surface area contributed by atoms with Gasteiger partial charge in [0.15, 0.2) is 6.04 Å². The van der Waals surface area contributed by atoms with Crippen LogP contribution in [0.5, 0.6) is 0 Å². The molecule has 0 radical (unpaired) electrons. The predicted molar refractivity (Wildman–Crippen MR) is 125 cm³/mol. The summed E-state index contributed by atoms with van der Waals surface area (Å²) in [6, 6.07) is 14.3. The van der Waals surface area contributed by atoms with E-state index in [-0.39, 0.29) is 11.1 Å². The van der Waals surface area contributed by atoms with Crippen molar-refractivity contribution in [2.45, 2.75) is 6.04 Å². The molecule has 4 aromatic rings. The molecule has 33 heavy (non-hydrogen) atoms. The van der Waals surface area contributed by atoms with E-state index in [9.17, 15) is 24.3 Å². The number of nitrogens with two attached hydrogens (primary N) is 1. The minimum absolute atomic E-state index is 0.178. The number of carboxylic acids is 1. The number of thiophene rings is 1. The van der Waals surface area contributed by atoms with Crippen molar-refractivity contribution < 1.29 is 19.5 Å². The molecule has 4 rings (SSSR count). The van der Waals surface area contributed by atoms with Gasteiger partial charge in [-0.05, 0) is 60.0 Å². The van der Waals surface area contributed by atoms with Gasteiger partial charge < -0.3 is 16.2 Å². The van der Waals surface area contributed by atoms with Crippen molar-refractivity contribution in [3.05, 3.63) is 97.6 Å². The predicted octanol–water partition coefficient (Wildman–Crippen LogP) is 3.36. The Hall–Kier alpha value is -3.95. The van der Waals surface area contributed by atoms with Crippen LogP contribution in [0.2, 0.25) is 4.34 Å². The highest BCUT2D eigenvalue weighted by atomic mass is 35.5. The van der Waals surface area contributed by atoms with E-state index in [1.807, 2.05) is 0 Å². The van der Waals surface area contributed by atoms with Crippen molar-refractivity contribution in [2.24, 2.45) is 5.73 Å². The fourth-order valence-corrected chi connectivity index (χ4v) is 4.46. The van der Waals surface area contributed by atoms with Gasteiger partial charge in [-0.2, -0.15) is 0 Å². The van der Waals surface area contributed by atoms with Crippen LogP contribution in [-0.4, -0.2) is 27.5 Å². The lowest BCUT2D eigenvalue weighted by molar-refractivity contribution is -0.139. The minimum Gasteiger partial charge on any atom is -0.479 e. The number of hydrogen-bond donors (Lipinski definition) is 3. The van der Waals surface area contributed by atoms with Crippen LogP contribution in [0, 0.1) is 0 Å². The normalized spacial score (nSPS) is 11.8. The molecule has 0 aliphatic carbocycles. The summed E-state index contributed by atoms with van der Waals surface area (Å²) in [5.41, 5.74) is 5.83. The second-order valence-corrected chi connectivity index (χ2v) is 8.84. The van der Waals surface area contributed by atoms with Crippen molar-refractivity contribution in [2.75, 3.05) is 0 Å². The van der Waals surface area contributed by atoms with E-state index in [0.717, 1.165) is 11.3 Å². The van der Waals surface area contributed by atoms with E-state index in [0.29, 0.717) is 31.2 Å². The Morgan fingerprint density at radius 2 is 1.82 bits per heavy atom. The Balaban J connectivity index is 1.67. The number of carbonyl (C=O) groups is 3. The summed E-state index contributed by atoms with van der Waals surface area (Å²) in [4.78, 5) is 49.2. The van der Waals surface area contributed by atoms with E-state index >= 15 is 0 Å². The second kappa shape index (κ2) is 8.89. The summed E-state index contributed by atoms with van der Waals surface area (Å²) < 4.78 is 1.77. The molecule has 2 aromatic carbocycles. The molecule has 1 atom stereocenters. The number of amides is 2. The number of halogens is 1. The molecule has 2 heterocycles. The standard InChI is InChI=1S/C23H16ClN3O5S/c24-18-7-6-17(33-18)19(23(31)32)26-21(29)14-2-1-3-15(11-14)27-9-8-12-10-13(20(25)28)4-5-16(12)22(27)30/h1-11,19H,(H2,25,28)(H,26,29)(H,31,32). The number of pyridine rings is 1. The molecule has 0 bridgehead atoms. The number of nitrogens with one attached hydrogen (secondary N) is 1. The summed E-state index contributed by atoms with van der Waals surface area (Å²) in [5.74, 6) is -2.43. The zero-order valence-corrected chi connectivity index (χ0v) is 18.4. The molecule has 0 saturated carbocycles. The highest BCUT2D eigenvalue weighted by Crippen LogP contribution is 2.27. The van der Waals surface area contributed by atoms with Gasteiger partial charge in [0.2, 0.25) is 5.91 Å². The number of rotatable bonds is 6. The lowest BCUT2D eigenvalue weighted by Crippen LogP contribution is -2.33. The number of aliphatic carboxylic acids is 1. The third-order valence-corrected chi connectivity index (χ3v) is 6.27. The maximum absolute atomic E-state index is 13.0. The van der Waals surface area contributed by atoms with Crippen LogP contribution in [0.1, 0.15) is 31.6 Å². The lowest BCUT2D eigenvalue weighted by atomic mass is 10.1. The van der Waals surface area contributed by atoms with Gasteiger partial charge in [-0.25, -0.2) is 4.79 Å². The molecule has 2 amide bonds. The van der Waals surface area contributed by atoms with Gasteiger partial charge in [0, 0.05) is 33.3 Å². The monoisotopic (exact) mass is 481 g/mol. The zero-order valence-electron chi connectivity index (χ0n) is 16.8. The molecule has 8 nitrogen and oxygen atoms in total. The van der Waals surface area contributed by atoms with Crippen molar-refractivity contribution in [3.8, 4) is 5.69 Å². The molecule has 1 unspecified atom stereocenters. The molecule has 0 fully saturated rings. The number of primary amides is 1. The first-order chi connectivity index (χ1) is 15.7. The topological polar surface area (TPSA) is 131 Å². The van der Waals surface area contributed by atoms with Crippen molar-refractivity contribution >= 4 is 51.5 Å². The number of aromatic nitrogens is 1. The molecule has 0 aliphatic rings. The van der Waals surface area contributed by atoms with E-state index in [1.54, 1.807) is 30.3 Å². The number of nitrogens with zero attached hydrogens (tertiary/aromatic N) is 1. The van der Waals surface area contributed by atoms with E-state index in [2.05, 4.69) is 5.32 Å². The largest absolute Gasteiger partial charge is 0.479 e. The average Bonchev–Trinajstić information content (AvgIpc) is 3.22. The summed E-state index contributed by atoms with van der Waals surface area (Å²) in [7, 11) is 0. The summed E-state index contributed by atoms with van der Waals surface area (Å²) in [6.07, 6.45) is 1.53. The van der Waals surface area contributed by atoms with Gasteiger partial charge in [-0.3, -0.25) is 19.0 Å². The molecule has 0 saturated heterocycles. The zero-order chi connectivity index (χ0) is 23.7. The van der Waals surface area contributed by atoms with Crippen LogP contribution < -0.4 is 16.6 Å². The number of benzene rings is 2. The highest BCUT2D eigenvalue weighted by Gasteiger charge is 2.24. The van der Waals surface area contributed by atoms with Crippen LogP contribution in [0.15, 0.2) is 71.7 Å². The van der Waals surface area contributed by atoms with Gasteiger partial charge in [-0.1, -0.05) is 17.7 Å². The third-order valence-electron chi connectivity index (χ3n) is 4.98. The SMILES string of the molecule is NC(=O)c1ccc2c(=O)n(-c3cccc(C(=O)NC(C(=O)O)c4ccc(Cl)s4)c3)ccc2c1. The van der Waals surface area contributed by atoms with E-state index in [4.69, 9.17) is 17.3 Å². The van der Waals surface area contributed by atoms with E-state index in [1.165, 1.54) is 41.1 Å². The van der Waals surface area contributed by atoms with Crippen LogP contribution in [0.4, 0.5) is 0 Å². The molecule has 4 N–H and O–H groups in total. The maximum atomic E-state index is 13.0. The fraction of sp³-hybridized carbons (Fsp3) is 0.0435. The van der Waals surface area contributed by atoms with Crippen molar-refractivity contribution in [3.63, 3.8) is 0 Å². The Kier molecular flexibility index (Phi) is 5.99. The van der Waals surface area contributed by atoms with Gasteiger partial charge in [-0.15, -0.1) is 11.3 Å². The molecule has 0 spiro atoms. The quantitative estimate of drug-likeness (QED) is 0.388. The van der Waals surface area contributed by atoms with Gasteiger partial charge >= 0.3 is 5.97 Å². The lowest BCUT2D eigenvalue weighted by Gasteiger charge is -2.14. The molecule has 10 heteroatoms. The minimum atomic E-state index is -1.26. The number of carbonyl (C=O) groups excluding carboxylic acids is 2. The Morgan fingerprint density at radius 1 is 1.03 bits per heavy atom. The van der Waals surface area contributed by atoms with Crippen molar-refractivity contribution in [1.29, 1.82) is 0 Å². The molecule has 0 aliphatic heterocycles. The second-order valence-electron chi connectivity index (χ2n) is 7.09. The van der Waals surface area contributed by atoms with Crippen molar-refractivity contribution in [1.82, 2.24) is 9.88 Å². The smallest absolute Gasteiger partial charge is 0.331 e. The Morgan fingerprint density at radius 3 is 2.48 bits per heavy atom. The molecular weight excluding hydrogens is 466 g/mol. The molecule has 166 valence electrons. The maximum Gasteiger partial charge on any atom is 0.331 e. The van der Waals surface area contributed by atoms with Gasteiger partial charge in [0.25, 0.3) is 11.5 Å². The Labute approximate surface area is 195 Å². The van der Waals surface area contributed by atoms with Crippen LogP contribution in [0.3, 0.4) is 0 Å². The Bertz CT molecular complexity index is 1480. The first kappa shape index (κ1) is 22.3. The van der Waals surface area contributed by atoms with Crippen LogP contribution >= 0.6 is 22.9 Å². The average molecular weight is 482 g/mol. The van der Waals surface area contributed by atoms with E-state index < -0.39 is 23.8 Å². The third kappa shape index (κ3) is 4.50. The molecular formula is C23H16ClN3O5S. The summed E-state index contributed by atoms with van der Waals surface area (Å²) in [6.45, 7) is 0. The summed E-state index contributed by atoms with van der Waals surface area (Å²) in [5, 5.41) is 12.9. The van der Waals surface area contributed by atoms with Gasteiger partial charge in [0.1, 0.15) is 0 Å². The van der Waals surface area contributed by atoms with Gasteiger partial charge in [0.05, 0.1) is 4.34 Å². The fourth-order valence-electron chi connectivity index (χ4n) is 3.35. The first-order valence-electron chi connectivity index (χ1n) is 9.59. The highest BCUT2D eigenvalue weighted by molar-refractivity contribution is 7.16. The molecule has 2 aromatic heterocycles.